The van der Waals surface area contributed by atoms with E-state index in [-0.39, 0.29) is 18.1 Å². The monoisotopic (exact) mass is 407 g/mol. The largest absolute Gasteiger partial charge is 0.416 e. The smallest absolute Gasteiger partial charge is 0.230 e. The maximum atomic E-state index is 12.9. The van der Waals surface area contributed by atoms with Gasteiger partial charge in [0.1, 0.15) is 0 Å². The van der Waals surface area contributed by atoms with Crippen LogP contribution in [-0.2, 0) is 18.8 Å². The molecule has 0 unspecified atom stereocenters. The molecule has 0 spiro atoms. The summed E-state index contributed by atoms with van der Waals surface area (Å²) in [6.45, 7) is 0. The van der Waals surface area contributed by atoms with E-state index in [4.69, 9.17) is 0 Å². The first-order valence-corrected chi connectivity index (χ1v) is 9.20. The number of para-hydroxylation sites is 1. The summed E-state index contributed by atoms with van der Waals surface area (Å²) in [4.78, 5) is 4.38. The average molecular weight is 407 g/mol. The molecule has 9 heteroatoms. The summed E-state index contributed by atoms with van der Waals surface area (Å²) >= 11 is 2.75. The Hall–Kier alpha value is -1.74. The number of hydrogen-bond donors (Lipinski definition) is 0. The Morgan fingerprint density at radius 3 is 2.08 bits per heavy atom. The second-order valence-corrected chi connectivity index (χ2v) is 7.83. The van der Waals surface area contributed by atoms with Crippen LogP contribution in [0.4, 0.5) is 26.3 Å². The average Bonchev–Trinajstić information content (AvgIpc) is 2.95. The molecule has 3 rings (SSSR count). The van der Waals surface area contributed by atoms with E-state index in [0.29, 0.717) is 5.75 Å². The zero-order chi connectivity index (χ0) is 18.9. The molecule has 0 saturated carbocycles. The van der Waals surface area contributed by atoms with Crippen molar-refractivity contribution < 1.29 is 26.3 Å². The van der Waals surface area contributed by atoms with Crippen molar-refractivity contribution in [3.63, 3.8) is 0 Å². The van der Waals surface area contributed by atoms with E-state index in [1.807, 2.05) is 24.3 Å². The standard InChI is InChI=1S/C17H11F6NS2/c18-16(19,20)11-7-10(8-12(9-11)17(21,22)23)5-6-25-15-24-13-3-1-2-4-14(13)26-15/h1-4,7-9H,5-6H2. The normalized spacial score (nSPS) is 12.7. The highest BCUT2D eigenvalue weighted by Crippen LogP contribution is 2.37. The highest BCUT2D eigenvalue weighted by molar-refractivity contribution is 8.01. The molecule has 0 N–H and O–H groups in total. The molecule has 26 heavy (non-hydrogen) atoms. The number of nitrogens with zero attached hydrogens (tertiary/aromatic N) is 1. The third-order valence-electron chi connectivity index (χ3n) is 3.54. The second-order valence-electron chi connectivity index (χ2n) is 5.46. The zero-order valence-electron chi connectivity index (χ0n) is 13.0. The lowest BCUT2D eigenvalue weighted by atomic mass is 10.0. The summed E-state index contributed by atoms with van der Waals surface area (Å²) in [7, 11) is 0. The van der Waals surface area contributed by atoms with Crippen molar-refractivity contribution in [2.75, 3.05) is 5.75 Å². The number of halogens is 6. The maximum absolute atomic E-state index is 12.9. The van der Waals surface area contributed by atoms with Gasteiger partial charge in [-0.3, -0.25) is 0 Å². The first-order chi connectivity index (χ1) is 12.1. The van der Waals surface area contributed by atoms with Crippen LogP contribution in [-0.4, -0.2) is 10.7 Å². The predicted molar refractivity (Wildman–Crippen MR) is 90.5 cm³/mol. The second kappa shape index (κ2) is 7.11. The number of aryl methyl sites for hydroxylation is 1. The van der Waals surface area contributed by atoms with Crippen molar-refractivity contribution in [3.05, 3.63) is 59.2 Å². The Morgan fingerprint density at radius 2 is 1.50 bits per heavy atom. The topological polar surface area (TPSA) is 12.9 Å². The van der Waals surface area contributed by atoms with Gasteiger partial charge in [-0.05, 0) is 42.3 Å². The molecule has 0 aliphatic rings. The Labute approximate surface area is 153 Å². The molecule has 0 radical (unpaired) electrons. The SMILES string of the molecule is FC(F)(F)c1cc(CCSc2nc3ccccc3s2)cc(C(F)(F)F)c1. The third kappa shape index (κ3) is 4.50. The van der Waals surface area contributed by atoms with E-state index < -0.39 is 23.5 Å². The van der Waals surface area contributed by atoms with Crippen molar-refractivity contribution in [1.29, 1.82) is 0 Å². The molecule has 1 aromatic heterocycles. The van der Waals surface area contributed by atoms with Gasteiger partial charge in [-0.2, -0.15) is 26.3 Å². The summed E-state index contributed by atoms with van der Waals surface area (Å²) in [6, 6.07) is 9.15. The first-order valence-electron chi connectivity index (χ1n) is 7.40. The lowest BCUT2D eigenvalue weighted by Gasteiger charge is -2.14. The molecular formula is C17H11F6NS2. The molecule has 0 fully saturated rings. The summed E-state index contributed by atoms with van der Waals surface area (Å²) in [5.41, 5.74) is -1.75. The number of alkyl halides is 6. The Balaban J connectivity index is 1.76. The quantitative estimate of drug-likeness (QED) is 0.354. The fourth-order valence-electron chi connectivity index (χ4n) is 2.33. The van der Waals surface area contributed by atoms with E-state index >= 15 is 0 Å². The lowest BCUT2D eigenvalue weighted by molar-refractivity contribution is -0.143. The molecular weight excluding hydrogens is 396 g/mol. The number of fused-ring (bicyclic) bond motifs is 1. The third-order valence-corrected chi connectivity index (χ3v) is 5.72. The number of thiazole rings is 1. The molecule has 0 bridgehead atoms. The summed E-state index contributed by atoms with van der Waals surface area (Å²) < 4.78 is 78.9. The van der Waals surface area contributed by atoms with E-state index in [0.717, 1.165) is 26.7 Å². The fraction of sp³-hybridized carbons (Fsp3) is 0.235. The molecule has 3 aromatic rings. The fourth-order valence-corrected chi connectivity index (χ4v) is 4.46. The molecule has 0 atom stereocenters. The zero-order valence-corrected chi connectivity index (χ0v) is 14.6. The van der Waals surface area contributed by atoms with Crippen LogP contribution in [0.1, 0.15) is 16.7 Å². The van der Waals surface area contributed by atoms with Crippen LogP contribution in [0.5, 0.6) is 0 Å². The minimum absolute atomic E-state index is 0.000705. The summed E-state index contributed by atoms with van der Waals surface area (Å²) in [5, 5.41) is 0. The van der Waals surface area contributed by atoms with Gasteiger partial charge < -0.3 is 0 Å². The summed E-state index contributed by atoms with van der Waals surface area (Å²) in [6.07, 6.45) is -9.57. The number of benzene rings is 2. The maximum Gasteiger partial charge on any atom is 0.416 e. The Kier molecular flexibility index (Phi) is 5.21. The highest BCUT2D eigenvalue weighted by Gasteiger charge is 2.36. The Morgan fingerprint density at radius 1 is 0.885 bits per heavy atom. The van der Waals surface area contributed by atoms with Gasteiger partial charge in [-0.1, -0.05) is 23.9 Å². The van der Waals surface area contributed by atoms with Crippen LogP contribution in [0, 0.1) is 0 Å². The van der Waals surface area contributed by atoms with Crippen molar-refractivity contribution >= 4 is 33.3 Å². The number of thioether (sulfide) groups is 1. The van der Waals surface area contributed by atoms with E-state index in [2.05, 4.69) is 4.98 Å². The van der Waals surface area contributed by atoms with E-state index in [1.54, 1.807) is 0 Å². The van der Waals surface area contributed by atoms with Crippen LogP contribution in [0.25, 0.3) is 10.2 Å². The van der Waals surface area contributed by atoms with Gasteiger partial charge in [-0.25, -0.2) is 4.98 Å². The van der Waals surface area contributed by atoms with Gasteiger partial charge in [0.05, 0.1) is 21.3 Å². The van der Waals surface area contributed by atoms with Gasteiger partial charge in [0.2, 0.25) is 0 Å². The highest BCUT2D eigenvalue weighted by atomic mass is 32.2. The predicted octanol–water partition coefficient (Wildman–Crippen LogP) is 6.67. The Bertz CT molecular complexity index is 848. The molecule has 2 aromatic carbocycles. The van der Waals surface area contributed by atoms with E-state index in [9.17, 15) is 26.3 Å². The molecule has 1 nitrogen and oxygen atoms in total. The minimum Gasteiger partial charge on any atom is -0.230 e. The molecule has 0 aliphatic heterocycles. The van der Waals surface area contributed by atoms with Crippen LogP contribution < -0.4 is 0 Å². The van der Waals surface area contributed by atoms with Crippen molar-refractivity contribution in [1.82, 2.24) is 4.98 Å². The number of hydrogen-bond acceptors (Lipinski definition) is 3. The van der Waals surface area contributed by atoms with Crippen molar-refractivity contribution in [2.45, 2.75) is 23.1 Å². The van der Waals surface area contributed by atoms with Crippen LogP contribution in [0.3, 0.4) is 0 Å². The van der Waals surface area contributed by atoms with Crippen molar-refractivity contribution in [3.8, 4) is 0 Å². The van der Waals surface area contributed by atoms with E-state index in [1.165, 1.54) is 23.1 Å². The van der Waals surface area contributed by atoms with Crippen LogP contribution in [0.2, 0.25) is 0 Å². The van der Waals surface area contributed by atoms with Gasteiger partial charge >= 0.3 is 12.4 Å². The van der Waals surface area contributed by atoms with Gasteiger partial charge in [-0.15, -0.1) is 11.3 Å². The molecule has 0 amide bonds. The minimum atomic E-state index is -4.82. The van der Waals surface area contributed by atoms with Gasteiger partial charge in [0, 0.05) is 5.75 Å². The van der Waals surface area contributed by atoms with Crippen molar-refractivity contribution in [2.24, 2.45) is 0 Å². The van der Waals surface area contributed by atoms with Gasteiger partial charge in [0.15, 0.2) is 4.34 Å². The molecule has 0 aliphatic carbocycles. The van der Waals surface area contributed by atoms with Crippen LogP contribution in [0.15, 0.2) is 46.8 Å². The lowest BCUT2D eigenvalue weighted by Crippen LogP contribution is -2.12. The molecule has 1 heterocycles. The van der Waals surface area contributed by atoms with Crippen LogP contribution >= 0.6 is 23.1 Å². The number of rotatable bonds is 4. The van der Waals surface area contributed by atoms with Gasteiger partial charge in [0.25, 0.3) is 0 Å². The first kappa shape index (κ1) is 19.0. The molecule has 138 valence electrons. The molecule has 0 saturated heterocycles. The number of aromatic nitrogens is 1. The summed E-state index contributed by atoms with van der Waals surface area (Å²) in [5.74, 6) is 0.332.